The maximum absolute atomic E-state index is 11.7. The van der Waals surface area contributed by atoms with Crippen LogP contribution in [0.1, 0.15) is 46.0 Å². The van der Waals surface area contributed by atoms with Crippen molar-refractivity contribution in [3.8, 4) is 0 Å². The van der Waals surface area contributed by atoms with Crippen molar-refractivity contribution in [2.75, 3.05) is 19.6 Å². The van der Waals surface area contributed by atoms with Crippen molar-refractivity contribution in [2.24, 2.45) is 11.8 Å². The standard InChI is InChI=1S/C14H28N2O2/c1-11(13-6-4-7-15-10-13)9-14(18)16-8-3-5-12(2)17/h11-13,15,17H,3-10H2,1-2H3,(H,16,18). The van der Waals surface area contributed by atoms with E-state index in [0.717, 1.165) is 25.9 Å². The first-order valence-electron chi connectivity index (χ1n) is 7.25. The second-order valence-electron chi connectivity index (χ2n) is 5.63. The first kappa shape index (κ1) is 15.4. The predicted octanol–water partition coefficient (Wildman–Crippen LogP) is 1.29. The summed E-state index contributed by atoms with van der Waals surface area (Å²) in [6.45, 7) is 6.80. The third-order valence-electron chi connectivity index (χ3n) is 3.77. The van der Waals surface area contributed by atoms with Gasteiger partial charge in [-0.15, -0.1) is 0 Å². The Morgan fingerprint density at radius 2 is 2.28 bits per heavy atom. The van der Waals surface area contributed by atoms with E-state index in [9.17, 15) is 4.79 Å². The summed E-state index contributed by atoms with van der Waals surface area (Å²) in [5.41, 5.74) is 0. The number of hydrogen-bond donors (Lipinski definition) is 3. The summed E-state index contributed by atoms with van der Waals surface area (Å²) >= 11 is 0. The van der Waals surface area contributed by atoms with Crippen LogP contribution >= 0.6 is 0 Å². The van der Waals surface area contributed by atoms with Gasteiger partial charge in [0.2, 0.25) is 5.91 Å². The molecule has 1 saturated heterocycles. The highest BCUT2D eigenvalue weighted by molar-refractivity contribution is 5.76. The van der Waals surface area contributed by atoms with Crippen molar-refractivity contribution in [2.45, 2.75) is 52.1 Å². The van der Waals surface area contributed by atoms with Crippen LogP contribution in [0.4, 0.5) is 0 Å². The Labute approximate surface area is 111 Å². The molecule has 1 rings (SSSR count). The lowest BCUT2D eigenvalue weighted by Crippen LogP contribution is -2.35. The fourth-order valence-corrected chi connectivity index (χ4v) is 2.52. The van der Waals surface area contributed by atoms with Crippen LogP contribution in [-0.2, 0) is 4.79 Å². The van der Waals surface area contributed by atoms with Gasteiger partial charge in [-0.2, -0.15) is 0 Å². The van der Waals surface area contributed by atoms with Gasteiger partial charge in [-0.05, 0) is 57.5 Å². The van der Waals surface area contributed by atoms with Crippen molar-refractivity contribution in [3.63, 3.8) is 0 Å². The minimum atomic E-state index is -0.269. The highest BCUT2D eigenvalue weighted by Gasteiger charge is 2.21. The number of carbonyl (C=O) groups is 1. The lowest BCUT2D eigenvalue weighted by molar-refractivity contribution is -0.122. The van der Waals surface area contributed by atoms with Crippen molar-refractivity contribution >= 4 is 5.91 Å². The van der Waals surface area contributed by atoms with Gasteiger partial charge in [0.05, 0.1) is 6.10 Å². The van der Waals surface area contributed by atoms with E-state index in [1.54, 1.807) is 6.92 Å². The predicted molar refractivity (Wildman–Crippen MR) is 73.3 cm³/mol. The number of carbonyl (C=O) groups excluding carboxylic acids is 1. The summed E-state index contributed by atoms with van der Waals surface area (Å²) in [4.78, 5) is 11.7. The molecule has 0 aromatic rings. The molecule has 0 saturated carbocycles. The van der Waals surface area contributed by atoms with Crippen LogP contribution in [0.25, 0.3) is 0 Å². The molecular formula is C14H28N2O2. The quantitative estimate of drug-likeness (QED) is 0.602. The number of aliphatic hydroxyl groups is 1. The molecule has 3 atom stereocenters. The molecule has 1 aliphatic heterocycles. The zero-order chi connectivity index (χ0) is 13.4. The van der Waals surface area contributed by atoms with Crippen LogP contribution in [0.3, 0.4) is 0 Å². The van der Waals surface area contributed by atoms with Crippen LogP contribution in [0.2, 0.25) is 0 Å². The molecule has 0 bridgehead atoms. The summed E-state index contributed by atoms with van der Waals surface area (Å²) in [5, 5.41) is 15.4. The lowest BCUT2D eigenvalue weighted by Gasteiger charge is -2.28. The van der Waals surface area contributed by atoms with Gasteiger partial charge < -0.3 is 15.7 Å². The van der Waals surface area contributed by atoms with Crippen LogP contribution in [0.15, 0.2) is 0 Å². The third kappa shape index (κ3) is 6.36. The minimum Gasteiger partial charge on any atom is -0.393 e. The van der Waals surface area contributed by atoms with E-state index in [0.29, 0.717) is 24.8 Å². The first-order chi connectivity index (χ1) is 8.59. The molecule has 1 heterocycles. The Balaban J connectivity index is 2.10. The summed E-state index contributed by atoms with van der Waals surface area (Å²) < 4.78 is 0. The van der Waals surface area contributed by atoms with Gasteiger partial charge in [-0.25, -0.2) is 0 Å². The van der Waals surface area contributed by atoms with E-state index in [2.05, 4.69) is 17.6 Å². The van der Waals surface area contributed by atoms with Gasteiger partial charge in [-0.1, -0.05) is 6.92 Å². The van der Waals surface area contributed by atoms with E-state index in [1.807, 2.05) is 0 Å². The maximum atomic E-state index is 11.7. The average Bonchev–Trinajstić information content (AvgIpc) is 2.35. The van der Waals surface area contributed by atoms with Gasteiger partial charge in [0.15, 0.2) is 0 Å². The summed E-state index contributed by atoms with van der Waals surface area (Å²) in [6.07, 6.45) is 4.43. The average molecular weight is 256 g/mol. The number of amides is 1. The zero-order valence-corrected chi connectivity index (χ0v) is 11.7. The molecule has 0 spiro atoms. The molecule has 0 radical (unpaired) electrons. The molecular weight excluding hydrogens is 228 g/mol. The zero-order valence-electron chi connectivity index (χ0n) is 11.7. The number of hydrogen-bond acceptors (Lipinski definition) is 3. The maximum Gasteiger partial charge on any atom is 0.220 e. The van der Waals surface area contributed by atoms with E-state index >= 15 is 0 Å². The molecule has 106 valence electrons. The smallest absolute Gasteiger partial charge is 0.220 e. The Kier molecular flexibility index (Phi) is 7.28. The van der Waals surface area contributed by atoms with Crippen LogP contribution in [0.5, 0.6) is 0 Å². The number of rotatable bonds is 7. The molecule has 1 amide bonds. The fourth-order valence-electron chi connectivity index (χ4n) is 2.52. The highest BCUT2D eigenvalue weighted by Crippen LogP contribution is 2.22. The second-order valence-corrected chi connectivity index (χ2v) is 5.63. The third-order valence-corrected chi connectivity index (χ3v) is 3.77. The summed E-state index contributed by atoms with van der Waals surface area (Å²) in [7, 11) is 0. The van der Waals surface area contributed by atoms with Gasteiger partial charge in [-0.3, -0.25) is 4.79 Å². The molecule has 1 aliphatic rings. The molecule has 3 N–H and O–H groups in total. The van der Waals surface area contributed by atoms with Gasteiger partial charge in [0, 0.05) is 13.0 Å². The van der Waals surface area contributed by atoms with E-state index in [1.165, 1.54) is 12.8 Å². The van der Waals surface area contributed by atoms with E-state index < -0.39 is 0 Å². The van der Waals surface area contributed by atoms with Crippen molar-refractivity contribution < 1.29 is 9.90 Å². The Hall–Kier alpha value is -0.610. The van der Waals surface area contributed by atoms with Crippen LogP contribution in [0, 0.1) is 11.8 Å². The van der Waals surface area contributed by atoms with Crippen molar-refractivity contribution in [1.29, 1.82) is 0 Å². The molecule has 0 aliphatic carbocycles. The van der Waals surface area contributed by atoms with Crippen molar-refractivity contribution in [1.82, 2.24) is 10.6 Å². The summed E-state index contributed by atoms with van der Waals surface area (Å²) in [6, 6.07) is 0. The minimum absolute atomic E-state index is 0.152. The Morgan fingerprint density at radius 1 is 1.50 bits per heavy atom. The van der Waals surface area contributed by atoms with Crippen LogP contribution in [-0.4, -0.2) is 36.8 Å². The first-order valence-corrected chi connectivity index (χ1v) is 7.25. The monoisotopic (exact) mass is 256 g/mol. The molecule has 0 aromatic carbocycles. The lowest BCUT2D eigenvalue weighted by atomic mass is 9.85. The molecule has 4 heteroatoms. The molecule has 3 unspecified atom stereocenters. The highest BCUT2D eigenvalue weighted by atomic mass is 16.3. The molecule has 0 aromatic heterocycles. The summed E-state index contributed by atoms with van der Waals surface area (Å²) in [5.74, 6) is 1.25. The second kappa shape index (κ2) is 8.48. The Bertz CT molecular complexity index is 238. The van der Waals surface area contributed by atoms with Crippen LogP contribution < -0.4 is 10.6 Å². The number of piperidine rings is 1. The number of nitrogens with one attached hydrogen (secondary N) is 2. The largest absolute Gasteiger partial charge is 0.393 e. The van der Waals surface area contributed by atoms with Gasteiger partial charge in [0.25, 0.3) is 0 Å². The molecule has 18 heavy (non-hydrogen) atoms. The van der Waals surface area contributed by atoms with Crippen molar-refractivity contribution in [3.05, 3.63) is 0 Å². The number of aliphatic hydroxyl groups excluding tert-OH is 1. The van der Waals surface area contributed by atoms with E-state index in [-0.39, 0.29) is 12.0 Å². The molecule has 1 fully saturated rings. The van der Waals surface area contributed by atoms with E-state index in [4.69, 9.17) is 5.11 Å². The topological polar surface area (TPSA) is 61.4 Å². The SMILES string of the molecule is CC(O)CCCNC(=O)CC(C)C1CCCNC1. The van der Waals surface area contributed by atoms with Gasteiger partial charge in [0.1, 0.15) is 0 Å². The fraction of sp³-hybridized carbons (Fsp3) is 0.929. The Morgan fingerprint density at radius 3 is 2.89 bits per heavy atom. The molecule has 4 nitrogen and oxygen atoms in total. The normalized spacial score (nSPS) is 23.4. The van der Waals surface area contributed by atoms with Gasteiger partial charge >= 0.3 is 0 Å².